The van der Waals surface area contributed by atoms with Gasteiger partial charge in [0.1, 0.15) is 0 Å². The predicted molar refractivity (Wildman–Crippen MR) is 121 cm³/mol. The van der Waals surface area contributed by atoms with Gasteiger partial charge in [0.15, 0.2) is 8.32 Å². The van der Waals surface area contributed by atoms with Gasteiger partial charge in [0, 0.05) is 34.7 Å². The molecule has 1 aromatic carbocycles. The lowest BCUT2D eigenvalue weighted by atomic mass is 9.86. The second-order valence-corrected chi connectivity index (χ2v) is 15.5. The molecule has 1 aromatic heterocycles. The van der Waals surface area contributed by atoms with E-state index in [1.165, 1.54) is 0 Å². The van der Waals surface area contributed by atoms with E-state index in [0.717, 1.165) is 20.9 Å². The van der Waals surface area contributed by atoms with E-state index in [1.807, 2.05) is 42.8 Å². The van der Waals surface area contributed by atoms with Crippen LogP contribution in [0.1, 0.15) is 40.2 Å². The van der Waals surface area contributed by atoms with Crippen LogP contribution in [0.4, 0.5) is 8.78 Å². The summed E-state index contributed by atoms with van der Waals surface area (Å²) in [5, 5.41) is 10.5. The second-order valence-electron chi connectivity index (χ2n) is 9.76. The molecule has 0 aliphatic rings. The number of hydrogen-bond acceptors (Lipinski definition) is 2. The molecule has 0 aliphatic carbocycles. The standard InChI is InChI=1S/C22H31BrF2N2OSi/c1-21(2,3)29(6,7)28-13-15(20(24)25)11-27-12-18(22(4,5)14-26)17-9-8-16(23)10-19(17)27/h8-10,12,15,20H,11,13H2,1-7H3. The minimum atomic E-state index is -2.49. The largest absolute Gasteiger partial charge is 0.416 e. The van der Waals surface area contributed by atoms with Crippen LogP contribution in [-0.4, -0.2) is 25.9 Å². The van der Waals surface area contributed by atoms with Crippen LogP contribution >= 0.6 is 15.9 Å². The summed E-state index contributed by atoms with van der Waals surface area (Å²) in [4.78, 5) is 0. The number of hydrogen-bond donors (Lipinski definition) is 0. The molecule has 0 radical (unpaired) electrons. The first kappa shape index (κ1) is 24.0. The number of aromatic nitrogens is 1. The van der Waals surface area contributed by atoms with Crippen molar-refractivity contribution in [3.63, 3.8) is 0 Å². The molecule has 160 valence electrons. The fourth-order valence-corrected chi connectivity index (χ4v) is 4.38. The molecule has 1 unspecified atom stereocenters. The van der Waals surface area contributed by atoms with E-state index in [9.17, 15) is 14.0 Å². The maximum absolute atomic E-state index is 13.9. The molecule has 0 amide bonds. The molecule has 2 rings (SSSR count). The number of nitrogens with zero attached hydrogens (tertiary/aromatic N) is 2. The Morgan fingerprint density at radius 2 is 1.83 bits per heavy atom. The molecule has 3 nitrogen and oxygen atoms in total. The summed E-state index contributed by atoms with van der Waals surface area (Å²) in [6, 6.07) is 8.09. The number of benzene rings is 1. The highest BCUT2D eigenvalue weighted by Crippen LogP contribution is 2.38. The number of nitriles is 1. The van der Waals surface area contributed by atoms with E-state index in [0.29, 0.717) is 0 Å². The molecule has 0 spiro atoms. The molecule has 0 fully saturated rings. The number of fused-ring (bicyclic) bond motifs is 1. The van der Waals surface area contributed by atoms with Gasteiger partial charge >= 0.3 is 0 Å². The van der Waals surface area contributed by atoms with Crippen molar-refractivity contribution in [2.24, 2.45) is 5.92 Å². The fourth-order valence-electron chi connectivity index (χ4n) is 2.96. The molecule has 1 heterocycles. The van der Waals surface area contributed by atoms with E-state index < -0.39 is 26.1 Å². The minimum absolute atomic E-state index is 0.0266. The Morgan fingerprint density at radius 1 is 1.21 bits per heavy atom. The monoisotopic (exact) mass is 484 g/mol. The quantitative estimate of drug-likeness (QED) is 0.392. The molecular weight excluding hydrogens is 454 g/mol. The van der Waals surface area contributed by atoms with Gasteiger partial charge in [-0.2, -0.15) is 5.26 Å². The lowest BCUT2D eigenvalue weighted by Gasteiger charge is -2.37. The number of rotatable bonds is 7. The molecule has 0 N–H and O–H groups in total. The highest BCUT2D eigenvalue weighted by Gasteiger charge is 2.38. The molecule has 1 atom stereocenters. The van der Waals surface area contributed by atoms with Gasteiger partial charge in [0.2, 0.25) is 6.43 Å². The van der Waals surface area contributed by atoms with Crippen molar-refractivity contribution in [3.05, 3.63) is 34.4 Å². The zero-order valence-corrected chi connectivity index (χ0v) is 20.9. The third-order valence-electron chi connectivity index (χ3n) is 6.05. The molecule has 29 heavy (non-hydrogen) atoms. The maximum atomic E-state index is 13.9. The van der Waals surface area contributed by atoms with Crippen LogP contribution < -0.4 is 0 Å². The topological polar surface area (TPSA) is 38.0 Å². The van der Waals surface area contributed by atoms with Gasteiger partial charge in [0.25, 0.3) is 0 Å². The van der Waals surface area contributed by atoms with E-state index in [2.05, 4.69) is 55.9 Å². The Bertz CT molecular complexity index is 910. The van der Waals surface area contributed by atoms with Crippen molar-refractivity contribution in [1.82, 2.24) is 4.57 Å². The van der Waals surface area contributed by atoms with Crippen LogP contribution in [0.25, 0.3) is 10.9 Å². The highest BCUT2D eigenvalue weighted by atomic mass is 79.9. The molecular formula is C22H31BrF2N2OSi. The van der Waals surface area contributed by atoms with Crippen LogP contribution in [0.5, 0.6) is 0 Å². The summed E-state index contributed by atoms with van der Waals surface area (Å²) in [6.07, 6.45) is -0.640. The van der Waals surface area contributed by atoms with Gasteiger partial charge in [-0.05, 0) is 49.7 Å². The number of halogens is 3. The van der Waals surface area contributed by atoms with Gasteiger partial charge in [-0.15, -0.1) is 0 Å². The van der Waals surface area contributed by atoms with E-state index in [-0.39, 0.29) is 18.2 Å². The Kier molecular flexibility index (Phi) is 7.03. The summed E-state index contributed by atoms with van der Waals surface area (Å²) in [6.45, 7) is 14.3. The first-order valence-corrected chi connectivity index (χ1v) is 13.5. The Balaban J connectivity index is 2.40. The summed E-state index contributed by atoms with van der Waals surface area (Å²) in [5.74, 6) is -0.920. The van der Waals surface area contributed by atoms with Crippen molar-refractivity contribution >= 4 is 35.2 Å². The second kappa shape index (κ2) is 8.48. The summed E-state index contributed by atoms with van der Waals surface area (Å²) in [7, 11) is -2.12. The number of alkyl halides is 2. The molecule has 0 saturated carbocycles. The summed E-state index contributed by atoms with van der Waals surface area (Å²) < 4.78 is 36.6. The lowest BCUT2D eigenvalue weighted by molar-refractivity contribution is 0.0360. The van der Waals surface area contributed by atoms with Crippen molar-refractivity contribution in [3.8, 4) is 6.07 Å². The van der Waals surface area contributed by atoms with Gasteiger partial charge in [0.05, 0.1) is 17.4 Å². The van der Waals surface area contributed by atoms with Gasteiger partial charge in [-0.3, -0.25) is 0 Å². The van der Waals surface area contributed by atoms with E-state index >= 15 is 0 Å². The molecule has 2 aromatic rings. The van der Waals surface area contributed by atoms with Crippen LogP contribution in [0.3, 0.4) is 0 Å². The third kappa shape index (κ3) is 5.28. The normalized spacial score (nSPS) is 14.4. The Hall–Kier alpha value is -1.23. The predicted octanol–water partition coefficient (Wildman–Crippen LogP) is 7.11. The first-order chi connectivity index (χ1) is 13.2. The van der Waals surface area contributed by atoms with Crippen LogP contribution in [0.15, 0.2) is 28.9 Å². The average molecular weight is 485 g/mol. The average Bonchev–Trinajstić information content (AvgIpc) is 2.95. The lowest BCUT2D eigenvalue weighted by Crippen LogP contribution is -2.43. The molecule has 0 aliphatic heterocycles. The van der Waals surface area contributed by atoms with Crippen molar-refractivity contribution in [2.75, 3.05) is 6.61 Å². The van der Waals surface area contributed by atoms with Crippen molar-refractivity contribution < 1.29 is 13.2 Å². The highest BCUT2D eigenvalue weighted by molar-refractivity contribution is 9.10. The Labute approximate surface area is 182 Å². The van der Waals surface area contributed by atoms with Crippen LogP contribution in [0, 0.1) is 17.2 Å². The van der Waals surface area contributed by atoms with E-state index in [1.54, 1.807) is 0 Å². The summed E-state index contributed by atoms with van der Waals surface area (Å²) >= 11 is 3.47. The zero-order chi connectivity index (χ0) is 22.2. The van der Waals surface area contributed by atoms with Crippen molar-refractivity contribution in [2.45, 2.75) is 71.1 Å². The molecule has 0 bridgehead atoms. The molecule has 0 saturated heterocycles. The van der Waals surface area contributed by atoms with Gasteiger partial charge in [-0.25, -0.2) is 8.78 Å². The van der Waals surface area contributed by atoms with Crippen LogP contribution in [0.2, 0.25) is 18.1 Å². The van der Waals surface area contributed by atoms with E-state index in [4.69, 9.17) is 4.43 Å². The smallest absolute Gasteiger partial charge is 0.245 e. The van der Waals surface area contributed by atoms with Gasteiger partial charge in [-0.1, -0.05) is 42.8 Å². The maximum Gasteiger partial charge on any atom is 0.245 e. The summed E-state index contributed by atoms with van der Waals surface area (Å²) in [5.41, 5.74) is 0.978. The minimum Gasteiger partial charge on any atom is -0.416 e. The first-order valence-electron chi connectivity index (χ1n) is 9.82. The Morgan fingerprint density at radius 3 is 2.34 bits per heavy atom. The zero-order valence-electron chi connectivity index (χ0n) is 18.3. The fraction of sp³-hybridized carbons (Fsp3) is 0.591. The SMILES string of the molecule is CC(C)(C#N)c1cn(CC(CO[Si](C)(C)C(C)(C)C)C(F)F)c2cc(Br)ccc12. The third-order valence-corrected chi connectivity index (χ3v) is 11.0. The van der Waals surface area contributed by atoms with Gasteiger partial charge < -0.3 is 8.99 Å². The van der Waals surface area contributed by atoms with Crippen LogP contribution in [-0.2, 0) is 16.4 Å². The van der Waals surface area contributed by atoms with Crippen molar-refractivity contribution in [1.29, 1.82) is 5.26 Å². The molecule has 7 heteroatoms.